The normalized spacial score (nSPS) is 10.3. The Labute approximate surface area is 121 Å². The third-order valence-electron chi connectivity index (χ3n) is 2.90. The van der Waals surface area contributed by atoms with Crippen LogP contribution in [0.15, 0.2) is 29.3 Å². The van der Waals surface area contributed by atoms with Crippen molar-refractivity contribution in [2.45, 2.75) is 26.4 Å². The molecular formula is C13H17N5O3. The van der Waals surface area contributed by atoms with Crippen LogP contribution in [0.1, 0.15) is 29.5 Å². The molecule has 0 aliphatic heterocycles. The van der Waals surface area contributed by atoms with Gasteiger partial charge in [0.1, 0.15) is 12.6 Å². The molecule has 8 nitrogen and oxygen atoms in total. The number of carbonyl (C=O) groups excluding carboxylic acids is 2. The summed E-state index contributed by atoms with van der Waals surface area (Å²) in [5, 5.41) is 13.1. The van der Waals surface area contributed by atoms with Crippen molar-refractivity contribution in [2.75, 3.05) is 6.54 Å². The minimum atomic E-state index is -0.262. The third-order valence-corrected chi connectivity index (χ3v) is 2.90. The Balaban J connectivity index is 1.67. The molecule has 0 unspecified atom stereocenters. The number of nitrogens with zero attached hydrogens (tertiary/aromatic N) is 3. The van der Waals surface area contributed by atoms with Crippen molar-refractivity contribution in [3.8, 4) is 0 Å². The van der Waals surface area contributed by atoms with Gasteiger partial charge in [0.2, 0.25) is 5.91 Å². The summed E-state index contributed by atoms with van der Waals surface area (Å²) in [4.78, 5) is 23.3. The minimum Gasteiger partial charge on any atom is -0.472 e. The van der Waals surface area contributed by atoms with Gasteiger partial charge >= 0.3 is 0 Å². The van der Waals surface area contributed by atoms with Crippen LogP contribution in [0.4, 0.5) is 0 Å². The molecule has 21 heavy (non-hydrogen) atoms. The fraction of sp³-hybridized carbons (Fsp3) is 0.385. The van der Waals surface area contributed by atoms with Crippen LogP contribution < -0.4 is 10.6 Å². The molecule has 0 fully saturated rings. The summed E-state index contributed by atoms with van der Waals surface area (Å²) in [6.45, 7) is 3.30. The molecule has 112 valence electrons. The largest absolute Gasteiger partial charge is 0.472 e. The van der Waals surface area contributed by atoms with E-state index in [0.29, 0.717) is 17.9 Å². The second-order valence-electron chi connectivity index (χ2n) is 4.33. The van der Waals surface area contributed by atoms with Gasteiger partial charge in [-0.1, -0.05) is 0 Å². The van der Waals surface area contributed by atoms with Crippen molar-refractivity contribution >= 4 is 11.8 Å². The van der Waals surface area contributed by atoms with E-state index in [4.69, 9.17) is 4.42 Å². The van der Waals surface area contributed by atoms with E-state index in [2.05, 4.69) is 20.8 Å². The van der Waals surface area contributed by atoms with Gasteiger partial charge in [-0.15, -0.1) is 10.2 Å². The summed E-state index contributed by atoms with van der Waals surface area (Å²) in [5.41, 5.74) is 0.437. The van der Waals surface area contributed by atoms with Crippen molar-refractivity contribution in [1.29, 1.82) is 0 Å². The van der Waals surface area contributed by atoms with Crippen LogP contribution >= 0.6 is 0 Å². The van der Waals surface area contributed by atoms with Crippen LogP contribution in [0.5, 0.6) is 0 Å². The fourth-order valence-electron chi connectivity index (χ4n) is 1.73. The van der Waals surface area contributed by atoms with Crippen LogP contribution in [0.3, 0.4) is 0 Å². The average Bonchev–Trinajstić information content (AvgIpc) is 3.15. The number of amides is 2. The zero-order chi connectivity index (χ0) is 15.1. The van der Waals surface area contributed by atoms with Crippen molar-refractivity contribution in [2.24, 2.45) is 0 Å². The lowest BCUT2D eigenvalue weighted by Crippen LogP contribution is -2.30. The van der Waals surface area contributed by atoms with Crippen LogP contribution in [-0.2, 0) is 17.9 Å². The van der Waals surface area contributed by atoms with Gasteiger partial charge in [0.15, 0.2) is 5.82 Å². The molecule has 0 radical (unpaired) electrons. The molecule has 2 heterocycles. The van der Waals surface area contributed by atoms with Crippen LogP contribution in [-0.4, -0.2) is 33.1 Å². The van der Waals surface area contributed by atoms with Crippen molar-refractivity contribution in [3.05, 3.63) is 36.3 Å². The zero-order valence-corrected chi connectivity index (χ0v) is 11.7. The molecule has 0 aromatic carbocycles. The third kappa shape index (κ3) is 4.16. The highest BCUT2D eigenvalue weighted by Crippen LogP contribution is 1.99. The van der Waals surface area contributed by atoms with E-state index < -0.39 is 0 Å². The molecule has 0 aliphatic carbocycles. The molecule has 2 rings (SSSR count). The molecule has 0 bridgehead atoms. The number of rotatable bonds is 7. The van der Waals surface area contributed by atoms with Gasteiger partial charge < -0.3 is 19.6 Å². The molecule has 2 aromatic rings. The van der Waals surface area contributed by atoms with Crippen LogP contribution in [0.2, 0.25) is 0 Å². The number of hydrogen-bond donors (Lipinski definition) is 2. The molecule has 2 aromatic heterocycles. The van der Waals surface area contributed by atoms with E-state index in [1.807, 2.05) is 11.5 Å². The second-order valence-corrected chi connectivity index (χ2v) is 4.33. The second kappa shape index (κ2) is 7.22. The molecule has 2 amide bonds. The van der Waals surface area contributed by atoms with E-state index in [1.54, 1.807) is 12.4 Å². The first-order valence-corrected chi connectivity index (χ1v) is 6.64. The van der Waals surface area contributed by atoms with Gasteiger partial charge in [0.05, 0.1) is 18.4 Å². The number of aryl methyl sites for hydroxylation is 1. The SMILES string of the molecule is CCn1cnnc1CNC(=O)CCNC(=O)c1ccoc1. The van der Waals surface area contributed by atoms with Gasteiger partial charge in [0.25, 0.3) is 5.91 Å². The first-order chi connectivity index (χ1) is 10.2. The van der Waals surface area contributed by atoms with Crippen molar-refractivity contribution in [1.82, 2.24) is 25.4 Å². The molecule has 8 heteroatoms. The Morgan fingerprint density at radius 3 is 2.95 bits per heavy atom. The predicted octanol–water partition coefficient (Wildman–Crippen LogP) is 0.327. The lowest BCUT2D eigenvalue weighted by molar-refractivity contribution is -0.121. The highest BCUT2D eigenvalue weighted by molar-refractivity contribution is 5.93. The Kier molecular flexibility index (Phi) is 5.08. The van der Waals surface area contributed by atoms with E-state index in [9.17, 15) is 9.59 Å². The standard InChI is InChI=1S/C13H17N5O3/c1-2-18-9-16-17-11(18)7-15-12(19)3-5-14-13(20)10-4-6-21-8-10/h4,6,8-9H,2-3,5,7H2,1H3,(H,14,20)(H,15,19). The summed E-state index contributed by atoms with van der Waals surface area (Å²) < 4.78 is 6.66. The van der Waals surface area contributed by atoms with Gasteiger partial charge in [-0.2, -0.15) is 0 Å². The lowest BCUT2D eigenvalue weighted by Gasteiger charge is -2.06. The number of hydrogen-bond acceptors (Lipinski definition) is 5. The maximum absolute atomic E-state index is 11.7. The van der Waals surface area contributed by atoms with E-state index >= 15 is 0 Å². The Bertz CT molecular complexity index is 591. The summed E-state index contributed by atoms with van der Waals surface area (Å²) in [6.07, 6.45) is 4.59. The monoisotopic (exact) mass is 291 g/mol. The Morgan fingerprint density at radius 1 is 1.38 bits per heavy atom. The van der Waals surface area contributed by atoms with Crippen molar-refractivity contribution < 1.29 is 14.0 Å². The summed E-state index contributed by atoms with van der Waals surface area (Å²) in [7, 11) is 0. The highest BCUT2D eigenvalue weighted by atomic mass is 16.3. The molecule has 0 saturated heterocycles. The topological polar surface area (TPSA) is 102 Å². The maximum Gasteiger partial charge on any atom is 0.254 e. The fourth-order valence-corrected chi connectivity index (χ4v) is 1.73. The Hall–Kier alpha value is -2.64. The number of furan rings is 1. The molecular weight excluding hydrogens is 274 g/mol. The highest BCUT2D eigenvalue weighted by Gasteiger charge is 2.08. The maximum atomic E-state index is 11.7. The molecule has 0 saturated carbocycles. The first kappa shape index (κ1) is 14.8. The molecule has 0 aliphatic rings. The molecule has 2 N–H and O–H groups in total. The molecule has 0 atom stereocenters. The summed E-state index contributed by atoms with van der Waals surface area (Å²) in [6, 6.07) is 1.56. The van der Waals surface area contributed by atoms with Gasteiger partial charge in [-0.25, -0.2) is 0 Å². The summed E-state index contributed by atoms with van der Waals surface area (Å²) in [5.74, 6) is 0.281. The first-order valence-electron chi connectivity index (χ1n) is 6.64. The molecule has 0 spiro atoms. The van der Waals surface area contributed by atoms with E-state index in [1.165, 1.54) is 12.5 Å². The van der Waals surface area contributed by atoms with Crippen molar-refractivity contribution in [3.63, 3.8) is 0 Å². The quantitative estimate of drug-likeness (QED) is 0.765. The number of carbonyl (C=O) groups is 2. The van der Waals surface area contributed by atoms with E-state index in [0.717, 1.165) is 6.54 Å². The number of nitrogens with one attached hydrogen (secondary N) is 2. The van der Waals surface area contributed by atoms with Gasteiger partial charge in [0, 0.05) is 19.5 Å². The predicted molar refractivity (Wildman–Crippen MR) is 73.2 cm³/mol. The van der Waals surface area contributed by atoms with Gasteiger partial charge in [-0.05, 0) is 13.0 Å². The van der Waals surface area contributed by atoms with Gasteiger partial charge in [-0.3, -0.25) is 9.59 Å². The van der Waals surface area contributed by atoms with Crippen LogP contribution in [0, 0.1) is 0 Å². The number of aromatic nitrogens is 3. The van der Waals surface area contributed by atoms with Crippen LogP contribution in [0.25, 0.3) is 0 Å². The summed E-state index contributed by atoms with van der Waals surface area (Å²) >= 11 is 0. The smallest absolute Gasteiger partial charge is 0.254 e. The zero-order valence-electron chi connectivity index (χ0n) is 11.7. The minimum absolute atomic E-state index is 0.159. The van der Waals surface area contributed by atoms with E-state index in [-0.39, 0.29) is 24.8 Å². The Morgan fingerprint density at radius 2 is 2.24 bits per heavy atom. The lowest BCUT2D eigenvalue weighted by atomic mass is 10.3. The average molecular weight is 291 g/mol.